The van der Waals surface area contributed by atoms with E-state index in [1.54, 1.807) is 0 Å². The Kier molecular flexibility index (Phi) is 14.5. The molecule has 2 unspecified atom stereocenters. The molecule has 0 radical (unpaired) electrons. The molecule has 332 valence electrons. The van der Waals surface area contributed by atoms with Gasteiger partial charge in [-0.3, -0.25) is 21.3 Å². The van der Waals surface area contributed by atoms with Crippen molar-refractivity contribution in [2.75, 3.05) is 21.3 Å². The van der Waals surface area contributed by atoms with Gasteiger partial charge in [0, 0.05) is 0 Å². The molecular weight excluding hydrogens is 761 g/mol. The summed E-state index contributed by atoms with van der Waals surface area (Å²) in [5.41, 5.74) is 1.49. The Bertz CT molecular complexity index is 1720. The first-order valence-corrected chi connectivity index (χ1v) is 22.1. The fourth-order valence-electron chi connectivity index (χ4n) is 9.24. The lowest BCUT2D eigenvalue weighted by Crippen LogP contribution is -2.30. The molecule has 8 rings (SSSR count). The van der Waals surface area contributed by atoms with E-state index in [0.29, 0.717) is 58.3 Å². The van der Waals surface area contributed by atoms with Crippen LogP contribution in [0.15, 0.2) is 36.4 Å². The van der Waals surface area contributed by atoms with Crippen LogP contribution in [0.2, 0.25) is 0 Å². The van der Waals surface area contributed by atoms with Gasteiger partial charge in [0.05, 0.1) is 22.7 Å². The predicted octanol–water partition coefficient (Wildman–Crippen LogP) is 13.3. The Morgan fingerprint density at radius 1 is 0.417 bits per heavy atom. The van der Waals surface area contributed by atoms with Gasteiger partial charge in [0.25, 0.3) is 0 Å². The van der Waals surface area contributed by atoms with E-state index in [4.69, 9.17) is 18.9 Å². The second-order valence-electron chi connectivity index (χ2n) is 21.4. The van der Waals surface area contributed by atoms with E-state index in [0.717, 1.165) is 62.5 Å². The van der Waals surface area contributed by atoms with Crippen molar-refractivity contribution < 1.29 is 38.1 Å². The SMILES string of the molecule is CC(C)(C)OC(=O)Nc1ccc(C2C[C@H]3CC[C@@H]2CC[C@@H]2CC[C@H](CC3)C(c3ccc(NC(=O)OC(C)(C)C)c(NC(=O)OC(C)(C)C)c3)C2)cc1NC(=O)OC(C)(C)C. The molecule has 2 aromatic carbocycles. The van der Waals surface area contributed by atoms with Crippen molar-refractivity contribution in [2.45, 2.75) is 182 Å². The van der Waals surface area contributed by atoms with Crippen LogP contribution in [0.3, 0.4) is 0 Å². The van der Waals surface area contributed by atoms with Crippen LogP contribution >= 0.6 is 0 Å². The first-order chi connectivity index (χ1) is 27.8. The number of hydrogen-bond acceptors (Lipinski definition) is 8. The minimum absolute atomic E-state index is 0.318. The number of benzene rings is 2. The van der Waals surface area contributed by atoms with Crippen molar-refractivity contribution in [1.82, 2.24) is 0 Å². The predicted molar refractivity (Wildman–Crippen MR) is 238 cm³/mol. The van der Waals surface area contributed by atoms with E-state index in [-0.39, 0.29) is 0 Å². The molecular formula is C48H72N4O8. The molecule has 4 N–H and O–H groups in total. The van der Waals surface area contributed by atoms with Crippen molar-refractivity contribution in [3.63, 3.8) is 0 Å². The number of ether oxygens (including phenoxy) is 4. The summed E-state index contributed by atoms with van der Waals surface area (Å²) >= 11 is 0. The summed E-state index contributed by atoms with van der Waals surface area (Å²) in [6.45, 7) is 21.8. The fourth-order valence-corrected chi connectivity index (χ4v) is 9.24. The van der Waals surface area contributed by atoms with Crippen LogP contribution < -0.4 is 21.3 Å². The van der Waals surface area contributed by atoms with Crippen molar-refractivity contribution in [3.05, 3.63) is 47.5 Å². The zero-order chi connectivity index (χ0) is 44.2. The van der Waals surface area contributed by atoms with Crippen LogP contribution in [0.5, 0.6) is 0 Å². The molecule has 6 fully saturated rings. The molecule has 4 amide bonds. The largest absolute Gasteiger partial charge is 0.444 e. The van der Waals surface area contributed by atoms with Crippen molar-refractivity contribution >= 4 is 47.1 Å². The van der Waals surface area contributed by atoms with E-state index in [1.165, 1.54) is 12.8 Å². The van der Waals surface area contributed by atoms with Gasteiger partial charge in [-0.15, -0.1) is 0 Å². The maximum absolute atomic E-state index is 13.1. The Labute approximate surface area is 358 Å². The number of hydrogen-bond donors (Lipinski definition) is 4. The van der Waals surface area contributed by atoms with Gasteiger partial charge < -0.3 is 18.9 Å². The summed E-state index contributed by atoms with van der Waals surface area (Å²) in [6, 6.07) is 12.0. The normalized spacial score (nSPS) is 23.6. The zero-order valence-corrected chi connectivity index (χ0v) is 38.3. The van der Waals surface area contributed by atoms with Gasteiger partial charge in [0.1, 0.15) is 22.4 Å². The fraction of sp³-hybridized carbons (Fsp3) is 0.667. The summed E-state index contributed by atoms with van der Waals surface area (Å²) in [5.74, 6) is 2.71. The lowest BCUT2D eigenvalue weighted by molar-refractivity contribution is 0.0620. The zero-order valence-electron chi connectivity index (χ0n) is 38.3. The van der Waals surface area contributed by atoms with Crippen LogP contribution in [0.25, 0.3) is 0 Å². The number of amides is 4. The van der Waals surface area contributed by atoms with Gasteiger partial charge in [-0.05, 0) is 193 Å². The Morgan fingerprint density at radius 3 is 0.950 bits per heavy atom. The van der Waals surface area contributed by atoms with E-state index < -0.39 is 46.8 Å². The Hall–Kier alpha value is -4.48. The molecule has 0 aliphatic heterocycles. The van der Waals surface area contributed by atoms with Gasteiger partial charge in [0.15, 0.2) is 0 Å². The summed E-state index contributed by atoms with van der Waals surface area (Å²) in [7, 11) is 0. The second-order valence-corrected chi connectivity index (χ2v) is 21.4. The van der Waals surface area contributed by atoms with E-state index >= 15 is 0 Å². The van der Waals surface area contributed by atoms with Crippen molar-refractivity contribution in [1.29, 1.82) is 0 Å². The standard InChI is InChI=1S/C48H72N4O8/c1-45(2,3)57-41(53)49-37-23-21-33(27-39(37)51-43(55)59-47(7,8)9)35-25-29-13-17-31(35)19-15-30-14-18-32(20-16-29)36(26-30)34-22-24-38(50-42(54)58-46(4,5)6)40(28-34)52-44(56)60-48(10,11)12/h21-24,27-32,35-36H,13-20,25-26H2,1-12H3,(H,49,53)(H,50,54)(H,51,55)(H,52,56)/t29-,30-,31+,32+,35?,36?/m0/s1. The average Bonchev–Trinajstić information content (AvgIpc) is 3.07. The quantitative estimate of drug-likeness (QED) is 0.210. The molecule has 12 heteroatoms. The maximum Gasteiger partial charge on any atom is 0.412 e. The number of rotatable bonds is 6. The lowest BCUT2D eigenvalue weighted by atomic mass is 9.63. The molecule has 0 saturated heterocycles. The van der Waals surface area contributed by atoms with Crippen LogP contribution in [0, 0.1) is 23.7 Å². The van der Waals surface area contributed by atoms with E-state index in [1.807, 2.05) is 107 Å². The topological polar surface area (TPSA) is 153 Å². The highest BCUT2D eigenvalue weighted by molar-refractivity contribution is 5.96. The van der Waals surface area contributed by atoms with Crippen molar-refractivity contribution in [2.24, 2.45) is 23.7 Å². The summed E-state index contributed by atoms with van der Waals surface area (Å²) in [4.78, 5) is 51.8. The van der Waals surface area contributed by atoms with Crippen LogP contribution in [0.1, 0.15) is 170 Å². The lowest BCUT2D eigenvalue weighted by Gasteiger charge is -2.42. The molecule has 60 heavy (non-hydrogen) atoms. The van der Waals surface area contributed by atoms with Gasteiger partial charge in [-0.1, -0.05) is 37.8 Å². The molecule has 4 bridgehead atoms. The third kappa shape index (κ3) is 14.3. The molecule has 2 aromatic rings. The second kappa shape index (κ2) is 18.6. The minimum Gasteiger partial charge on any atom is -0.444 e. The average molecular weight is 833 g/mol. The molecule has 6 aliphatic carbocycles. The van der Waals surface area contributed by atoms with Gasteiger partial charge in [0.2, 0.25) is 0 Å². The first-order valence-electron chi connectivity index (χ1n) is 22.1. The number of carbonyl (C=O) groups is 4. The molecule has 6 saturated carbocycles. The van der Waals surface area contributed by atoms with Crippen LogP contribution in [-0.4, -0.2) is 46.8 Å². The summed E-state index contributed by atoms with van der Waals surface area (Å²) in [6.07, 6.45) is 8.94. The monoisotopic (exact) mass is 833 g/mol. The molecule has 2 atom stereocenters. The van der Waals surface area contributed by atoms with Gasteiger partial charge in [-0.2, -0.15) is 0 Å². The molecule has 6 aliphatic rings. The molecule has 0 aromatic heterocycles. The third-order valence-electron chi connectivity index (χ3n) is 11.6. The molecule has 0 heterocycles. The Morgan fingerprint density at radius 2 is 0.683 bits per heavy atom. The first kappa shape index (κ1) is 46.6. The van der Waals surface area contributed by atoms with Crippen LogP contribution in [-0.2, 0) is 18.9 Å². The van der Waals surface area contributed by atoms with Crippen LogP contribution in [0.4, 0.5) is 41.9 Å². The molecule has 0 spiro atoms. The number of anilines is 4. The van der Waals surface area contributed by atoms with Crippen molar-refractivity contribution in [3.8, 4) is 0 Å². The highest BCUT2D eigenvalue weighted by Gasteiger charge is 2.38. The summed E-state index contributed by atoms with van der Waals surface area (Å²) in [5, 5.41) is 11.6. The highest BCUT2D eigenvalue weighted by Crippen LogP contribution is 2.51. The van der Waals surface area contributed by atoms with E-state index in [9.17, 15) is 19.2 Å². The highest BCUT2D eigenvalue weighted by atomic mass is 16.6. The molecule has 12 nitrogen and oxygen atoms in total. The smallest absolute Gasteiger partial charge is 0.412 e. The third-order valence-corrected chi connectivity index (χ3v) is 11.6. The number of nitrogens with one attached hydrogen (secondary N) is 4. The van der Waals surface area contributed by atoms with E-state index in [2.05, 4.69) is 33.4 Å². The number of carbonyl (C=O) groups excluding carboxylic acids is 4. The Balaban J connectivity index is 1.38. The van der Waals surface area contributed by atoms with Gasteiger partial charge in [-0.25, -0.2) is 19.2 Å². The van der Waals surface area contributed by atoms with Gasteiger partial charge >= 0.3 is 24.4 Å². The maximum atomic E-state index is 13.1. The minimum atomic E-state index is -0.687. The summed E-state index contributed by atoms with van der Waals surface area (Å²) < 4.78 is 22.3.